The second-order valence-electron chi connectivity index (χ2n) is 12.0. The zero-order valence-corrected chi connectivity index (χ0v) is 27.1. The number of carbonyl (C=O) groups is 1. The number of rotatable bonds is 6. The van der Waals surface area contributed by atoms with Crippen LogP contribution in [0, 0.1) is 5.92 Å². The van der Waals surface area contributed by atoms with Gasteiger partial charge in [-0.05, 0) is 31.4 Å². The average molecular weight is 649 g/mol. The van der Waals surface area contributed by atoms with Crippen LogP contribution in [0.4, 0.5) is 5.82 Å². The molecule has 1 aliphatic carbocycles. The van der Waals surface area contributed by atoms with E-state index in [4.69, 9.17) is 44.5 Å². The summed E-state index contributed by atoms with van der Waals surface area (Å²) in [5, 5.41) is 4.68. The van der Waals surface area contributed by atoms with Gasteiger partial charge in [-0.25, -0.2) is 4.98 Å². The summed E-state index contributed by atoms with van der Waals surface area (Å²) in [6.45, 7) is 11.4. The first kappa shape index (κ1) is 30.7. The normalized spacial score (nSPS) is 28.4. The maximum absolute atomic E-state index is 13.4. The highest BCUT2D eigenvalue weighted by atomic mass is 35.5. The molecule has 2 saturated heterocycles. The van der Waals surface area contributed by atoms with E-state index in [0.717, 1.165) is 68.1 Å². The smallest absolute Gasteiger partial charge is 0.242 e. The molecule has 0 bridgehead atoms. The number of anilines is 1. The summed E-state index contributed by atoms with van der Waals surface area (Å²) in [4.78, 5) is 29.2. The molecule has 1 aromatic rings. The van der Waals surface area contributed by atoms with Gasteiger partial charge in [0.05, 0.1) is 35.3 Å². The Hall–Kier alpha value is -2.30. The summed E-state index contributed by atoms with van der Waals surface area (Å²) in [5.41, 5.74) is 3.51. The van der Waals surface area contributed by atoms with Crippen LogP contribution in [0.3, 0.4) is 0 Å². The van der Waals surface area contributed by atoms with Crippen LogP contribution in [0.25, 0.3) is 6.08 Å². The summed E-state index contributed by atoms with van der Waals surface area (Å²) in [7, 11) is 0. The van der Waals surface area contributed by atoms with Crippen LogP contribution in [0.1, 0.15) is 44.1 Å². The molecule has 0 radical (unpaired) electrons. The Morgan fingerprint density at radius 1 is 1.12 bits per heavy atom. The number of alkyl halides is 1. The molecule has 4 unspecified atom stereocenters. The lowest BCUT2D eigenvalue weighted by molar-refractivity contribution is -0.131. The number of piperazine rings is 1. The number of aliphatic imine (C=N–C) groups is 1. The lowest BCUT2D eigenvalue weighted by Crippen LogP contribution is -2.55. The first-order valence-electron chi connectivity index (χ1n) is 15.3. The Morgan fingerprint density at radius 3 is 2.70 bits per heavy atom. The third kappa shape index (κ3) is 6.57. The Kier molecular flexibility index (Phi) is 9.55. The minimum absolute atomic E-state index is 0.0637. The summed E-state index contributed by atoms with van der Waals surface area (Å²) in [6, 6.07) is -0.104. The zero-order chi connectivity index (χ0) is 30.1. The summed E-state index contributed by atoms with van der Waals surface area (Å²) in [6.07, 6.45) is 11.9. The van der Waals surface area contributed by atoms with E-state index in [1.807, 2.05) is 11.0 Å². The molecular weight excluding hydrogens is 609 g/mol. The fourth-order valence-corrected chi connectivity index (χ4v) is 7.59. The maximum atomic E-state index is 13.4. The van der Waals surface area contributed by atoms with Crippen molar-refractivity contribution in [2.75, 3.05) is 64.3 Å². The van der Waals surface area contributed by atoms with Crippen LogP contribution < -0.4 is 5.32 Å². The Labute approximate surface area is 268 Å². The molecule has 4 atom stereocenters. The topological polar surface area (TPSA) is 78.2 Å². The second-order valence-corrected chi connectivity index (χ2v) is 13.3. The number of amides is 1. The van der Waals surface area contributed by atoms with E-state index in [-0.39, 0.29) is 35.7 Å². The standard InChI is InChI=1S/C31H40Cl3N7O2/c1-20-14-22(4-5-26(20)38-6-3-12-43-13-11-38)29-31(41-19-21(2)23(32)15-27(41)37-29)36-18-28(42)39-7-9-40(10-8-39)30-24(33)16-35-17-25(30)34/h5,14-17,21-22,24,30,36H,3-4,6-13,18-19H2,1-2H3. The van der Waals surface area contributed by atoms with Crippen LogP contribution in [-0.2, 0) is 16.1 Å². The minimum atomic E-state index is -0.278. The molecule has 4 aliphatic heterocycles. The van der Waals surface area contributed by atoms with Gasteiger partial charge in [0.15, 0.2) is 0 Å². The van der Waals surface area contributed by atoms with Gasteiger partial charge in [0.25, 0.3) is 0 Å². The van der Waals surface area contributed by atoms with Gasteiger partial charge < -0.3 is 24.4 Å². The predicted molar refractivity (Wildman–Crippen MR) is 174 cm³/mol. The van der Waals surface area contributed by atoms with Crippen LogP contribution in [0.15, 0.2) is 44.7 Å². The number of fused-ring (bicyclic) bond motifs is 1. The lowest BCUT2D eigenvalue weighted by atomic mass is 9.91. The van der Waals surface area contributed by atoms with Crippen molar-refractivity contribution in [3.05, 3.63) is 51.2 Å². The van der Waals surface area contributed by atoms with E-state index >= 15 is 0 Å². The van der Waals surface area contributed by atoms with Crippen molar-refractivity contribution >= 4 is 58.8 Å². The van der Waals surface area contributed by atoms with E-state index in [1.165, 1.54) is 11.3 Å². The number of allylic oxidation sites excluding steroid dienone is 4. The molecule has 9 nitrogen and oxygen atoms in total. The largest absolute Gasteiger partial charge is 0.380 e. The Bertz CT molecular complexity index is 1370. The molecular formula is C31H40Cl3N7O2. The van der Waals surface area contributed by atoms with Gasteiger partial charge >= 0.3 is 0 Å². The van der Waals surface area contributed by atoms with Crippen molar-refractivity contribution in [2.45, 2.75) is 50.6 Å². The molecule has 1 N–H and O–H groups in total. The Balaban J connectivity index is 1.15. The molecule has 232 valence electrons. The number of halogens is 3. The number of ether oxygens (including phenoxy) is 1. The highest BCUT2D eigenvalue weighted by Crippen LogP contribution is 2.38. The molecule has 0 saturated carbocycles. The second kappa shape index (κ2) is 13.4. The van der Waals surface area contributed by atoms with E-state index in [1.54, 1.807) is 12.4 Å². The van der Waals surface area contributed by atoms with Crippen molar-refractivity contribution in [3.8, 4) is 0 Å². The third-order valence-corrected chi connectivity index (χ3v) is 10.2. The SMILES string of the molecule is CC1=CC(c2nc3n(c2NCC(=O)N2CCN(C4C(Cl)=CN=CC4Cl)CC2)CC(C)C(Cl)=C3)CC=C1N1CCCOCC1. The highest BCUT2D eigenvalue weighted by Gasteiger charge is 2.34. The zero-order valence-electron chi connectivity index (χ0n) is 24.8. The number of hydrogen-bond acceptors (Lipinski definition) is 7. The van der Waals surface area contributed by atoms with Crippen LogP contribution in [-0.4, -0.2) is 107 Å². The maximum Gasteiger partial charge on any atom is 0.242 e. The molecule has 1 aromatic heterocycles. The molecule has 2 fully saturated rings. The van der Waals surface area contributed by atoms with E-state index in [9.17, 15) is 4.79 Å². The Morgan fingerprint density at radius 2 is 1.93 bits per heavy atom. The van der Waals surface area contributed by atoms with Crippen molar-refractivity contribution in [1.29, 1.82) is 0 Å². The van der Waals surface area contributed by atoms with Gasteiger partial charge in [0, 0.05) is 87.4 Å². The van der Waals surface area contributed by atoms with E-state index < -0.39 is 0 Å². The summed E-state index contributed by atoms with van der Waals surface area (Å²) < 4.78 is 7.86. The molecule has 12 heteroatoms. The van der Waals surface area contributed by atoms with Crippen LogP contribution in [0.5, 0.6) is 0 Å². The number of aromatic nitrogens is 2. The molecule has 0 aromatic carbocycles. The van der Waals surface area contributed by atoms with E-state index in [0.29, 0.717) is 31.2 Å². The van der Waals surface area contributed by atoms with Gasteiger partial charge in [-0.15, -0.1) is 11.6 Å². The van der Waals surface area contributed by atoms with Crippen LogP contribution in [0.2, 0.25) is 0 Å². The monoisotopic (exact) mass is 647 g/mol. The molecule has 43 heavy (non-hydrogen) atoms. The number of imidazole rings is 1. The molecule has 5 aliphatic rings. The number of hydrogen-bond donors (Lipinski definition) is 1. The molecule has 0 spiro atoms. The van der Waals surface area contributed by atoms with Crippen molar-refractivity contribution in [3.63, 3.8) is 0 Å². The number of carbonyl (C=O) groups excluding carboxylic acids is 1. The van der Waals surface area contributed by atoms with Crippen molar-refractivity contribution in [2.24, 2.45) is 10.9 Å². The van der Waals surface area contributed by atoms with Gasteiger partial charge in [0.1, 0.15) is 11.6 Å². The van der Waals surface area contributed by atoms with Crippen LogP contribution >= 0.6 is 34.8 Å². The van der Waals surface area contributed by atoms with E-state index in [2.05, 4.69) is 50.7 Å². The lowest BCUT2D eigenvalue weighted by Gasteiger charge is -2.40. The van der Waals surface area contributed by atoms with Crippen molar-refractivity contribution < 1.29 is 9.53 Å². The molecule has 5 heterocycles. The average Bonchev–Trinajstić information content (AvgIpc) is 3.14. The molecule has 6 rings (SSSR count). The fourth-order valence-electron chi connectivity index (χ4n) is 6.67. The number of nitrogens with one attached hydrogen (secondary N) is 1. The highest BCUT2D eigenvalue weighted by molar-refractivity contribution is 6.34. The van der Waals surface area contributed by atoms with Gasteiger partial charge in [-0.1, -0.05) is 42.3 Å². The molecule has 1 amide bonds. The van der Waals surface area contributed by atoms with Gasteiger partial charge in [-0.3, -0.25) is 14.7 Å². The minimum Gasteiger partial charge on any atom is -0.380 e. The summed E-state index contributed by atoms with van der Waals surface area (Å²) in [5.74, 6) is 2.09. The van der Waals surface area contributed by atoms with Gasteiger partial charge in [0.2, 0.25) is 5.91 Å². The van der Waals surface area contributed by atoms with Gasteiger partial charge in [-0.2, -0.15) is 0 Å². The quantitative estimate of drug-likeness (QED) is 0.445. The number of nitrogens with zero attached hydrogens (tertiary/aromatic N) is 6. The predicted octanol–water partition coefficient (Wildman–Crippen LogP) is 4.85. The van der Waals surface area contributed by atoms with Crippen molar-refractivity contribution in [1.82, 2.24) is 24.3 Å². The summed E-state index contributed by atoms with van der Waals surface area (Å²) >= 11 is 19.5. The first-order chi connectivity index (χ1) is 20.8. The fraction of sp³-hybridized carbons (Fsp3) is 0.581. The third-order valence-electron chi connectivity index (χ3n) is 9.03. The first-order valence-corrected chi connectivity index (χ1v) is 16.5.